The lowest BCUT2D eigenvalue weighted by Crippen LogP contribution is -1.99. The van der Waals surface area contributed by atoms with Crippen LogP contribution in [0.5, 0.6) is 5.75 Å². The summed E-state index contributed by atoms with van der Waals surface area (Å²) in [5.41, 5.74) is 1.50. The van der Waals surface area contributed by atoms with Crippen molar-refractivity contribution in [2.75, 3.05) is 5.32 Å². The number of benzene rings is 2. The Kier molecular flexibility index (Phi) is 4.43. The van der Waals surface area contributed by atoms with Crippen LogP contribution in [0.4, 0.5) is 17.4 Å². The maximum atomic E-state index is 10.7. The van der Waals surface area contributed by atoms with Gasteiger partial charge in [0.2, 0.25) is 0 Å². The molecule has 2 aromatic heterocycles. The first-order valence-corrected chi connectivity index (χ1v) is 8.34. The van der Waals surface area contributed by atoms with Gasteiger partial charge in [-0.2, -0.15) is 0 Å². The molecule has 2 aromatic carbocycles. The molecule has 0 bridgehead atoms. The van der Waals surface area contributed by atoms with E-state index in [1.807, 2.05) is 24.3 Å². The fourth-order valence-electron chi connectivity index (χ4n) is 2.63. The van der Waals surface area contributed by atoms with Crippen LogP contribution in [0.2, 0.25) is 0 Å². The first kappa shape index (κ1) is 17.2. The van der Waals surface area contributed by atoms with E-state index in [4.69, 9.17) is 4.42 Å². The van der Waals surface area contributed by atoms with Gasteiger partial charge in [-0.1, -0.05) is 12.1 Å². The van der Waals surface area contributed by atoms with Crippen molar-refractivity contribution in [3.63, 3.8) is 0 Å². The molecule has 4 aromatic rings. The molecule has 0 saturated heterocycles. The number of anilines is 2. The number of fused-ring (bicyclic) bond motifs is 1. The summed E-state index contributed by atoms with van der Waals surface area (Å²) in [6.45, 7) is 0. The number of hydrogen-bond donors (Lipinski definition) is 2. The monoisotopic (exact) mass is 374 g/mol. The Morgan fingerprint density at radius 2 is 1.79 bits per heavy atom. The molecule has 0 saturated carbocycles. The smallest absolute Gasteiger partial charge is 0.433 e. The summed E-state index contributed by atoms with van der Waals surface area (Å²) in [5, 5.41) is 24.2. The third-order valence-electron chi connectivity index (χ3n) is 3.94. The molecule has 2 heterocycles. The predicted molar refractivity (Wildman–Crippen MR) is 105 cm³/mol. The molecule has 0 radical (unpaired) electrons. The maximum Gasteiger partial charge on any atom is 0.433 e. The van der Waals surface area contributed by atoms with Crippen LogP contribution in [0.1, 0.15) is 11.6 Å². The van der Waals surface area contributed by atoms with E-state index in [0.717, 1.165) is 16.6 Å². The number of phenols is 1. The van der Waals surface area contributed by atoms with Gasteiger partial charge in [0.1, 0.15) is 22.3 Å². The Morgan fingerprint density at radius 1 is 1.00 bits per heavy atom. The Bertz CT molecular complexity index is 1180. The number of phenolic OH excluding ortho intramolecular Hbond substituents is 1. The number of aromatic nitrogens is 2. The van der Waals surface area contributed by atoms with Crippen molar-refractivity contribution in [3.05, 3.63) is 82.4 Å². The van der Waals surface area contributed by atoms with E-state index in [1.54, 1.807) is 36.4 Å². The third-order valence-corrected chi connectivity index (χ3v) is 3.94. The summed E-state index contributed by atoms with van der Waals surface area (Å²) in [7, 11) is 0. The highest BCUT2D eigenvalue weighted by molar-refractivity contribution is 5.91. The number of nitrogens with zero attached hydrogens (tertiary/aromatic N) is 3. The number of nitrogens with one attached hydrogen (secondary N) is 1. The quantitative estimate of drug-likeness (QED) is 0.294. The third kappa shape index (κ3) is 3.65. The van der Waals surface area contributed by atoms with Gasteiger partial charge in [-0.25, -0.2) is 9.97 Å². The van der Waals surface area contributed by atoms with Gasteiger partial charge in [0.25, 0.3) is 0 Å². The van der Waals surface area contributed by atoms with E-state index >= 15 is 0 Å². The number of aromatic hydroxyl groups is 1. The Labute approximate surface area is 158 Å². The predicted octanol–water partition coefficient (Wildman–Crippen LogP) is 4.75. The van der Waals surface area contributed by atoms with E-state index in [2.05, 4.69) is 15.3 Å². The van der Waals surface area contributed by atoms with Crippen LogP contribution < -0.4 is 5.32 Å². The average Bonchev–Trinajstić information content (AvgIpc) is 3.18. The van der Waals surface area contributed by atoms with E-state index in [-0.39, 0.29) is 11.6 Å². The van der Waals surface area contributed by atoms with Crippen LogP contribution in [0, 0.1) is 10.1 Å². The van der Waals surface area contributed by atoms with Crippen molar-refractivity contribution >= 4 is 40.4 Å². The fraction of sp³-hybridized carbons (Fsp3) is 0. The van der Waals surface area contributed by atoms with Crippen LogP contribution in [-0.4, -0.2) is 20.0 Å². The highest BCUT2D eigenvalue weighted by Gasteiger charge is 2.10. The van der Waals surface area contributed by atoms with Gasteiger partial charge in [-0.05, 0) is 54.6 Å². The van der Waals surface area contributed by atoms with E-state index in [0.29, 0.717) is 17.4 Å². The van der Waals surface area contributed by atoms with Crippen molar-refractivity contribution in [2.24, 2.45) is 0 Å². The molecule has 8 heteroatoms. The number of rotatable bonds is 5. The van der Waals surface area contributed by atoms with Gasteiger partial charge < -0.3 is 14.8 Å². The fourth-order valence-corrected chi connectivity index (χ4v) is 2.63. The molecule has 0 unspecified atom stereocenters. The molecule has 0 aliphatic rings. The topological polar surface area (TPSA) is 114 Å². The van der Waals surface area contributed by atoms with Gasteiger partial charge in [0, 0.05) is 11.1 Å². The molecule has 28 heavy (non-hydrogen) atoms. The van der Waals surface area contributed by atoms with Crippen LogP contribution in [-0.2, 0) is 0 Å². The minimum absolute atomic E-state index is 0.175. The van der Waals surface area contributed by atoms with Gasteiger partial charge in [0.05, 0.1) is 11.6 Å². The second-order valence-corrected chi connectivity index (χ2v) is 5.89. The lowest BCUT2D eigenvalue weighted by atomic mass is 10.2. The van der Waals surface area contributed by atoms with Gasteiger partial charge in [-0.15, -0.1) is 0 Å². The second kappa shape index (κ2) is 7.20. The molecule has 138 valence electrons. The molecule has 0 aliphatic carbocycles. The van der Waals surface area contributed by atoms with Crippen molar-refractivity contribution in [3.8, 4) is 5.75 Å². The van der Waals surface area contributed by atoms with Gasteiger partial charge in [-0.3, -0.25) is 10.1 Å². The zero-order chi connectivity index (χ0) is 19.5. The summed E-state index contributed by atoms with van der Waals surface area (Å²) in [6.07, 6.45) is 3.19. The molecule has 0 fully saturated rings. The second-order valence-electron chi connectivity index (χ2n) is 5.89. The highest BCUT2D eigenvalue weighted by Crippen LogP contribution is 2.25. The minimum Gasteiger partial charge on any atom is -0.508 e. The Balaban J connectivity index is 1.69. The zero-order valence-corrected chi connectivity index (χ0v) is 14.4. The zero-order valence-electron chi connectivity index (χ0n) is 14.4. The number of nitro groups is 1. The van der Waals surface area contributed by atoms with E-state index in [9.17, 15) is 15.2 Å². The van der Waals surface area contributed by atoms with Crippen molar-refractivity contribution < 1.29 is 14.4 Å². The molecule has 4 rings (SSSR count). The summed E-state index contributed by atoms with van der Waals surface area (Å²) in [6, 6.07) is 17.0. The molecule has 0 amide bonds. The van der Waals surface area contributed by atoms with Crippen LogP contribution in [0.25, 0.3) is 23.1 Å². The lowest BCUT2D eigenvalue weighted by molar-refractivity contribution is -0.402. The van der Waals surface area contributed by atoms with Crippen LogP contribution in [0.15, 0.2) is 65.1 Å². The van der Waals surface area contributed by atoms with Crippen LogP contribution in [0.3, 0.4) is 0 Å². The maximum absolute atomic E-state index is 10.7. The first-order chi connectivity index (χ1) is 13.6. The molecule has 8 nitrogen and oxygen atoms in total. The molecule has 0 spiro atoms. The van der Waals surface area contributed by atoms with E-state index < -0.39 is 4.92 Å². The lowest BCUT2D eigenvalue weighted by Gasteiger charge is -2.10. The largest absolute Gasteiger partial charge is 0.508 e. The first-order valence-electron chi connectivity index (χ1n) is 8.34. The molecule has 2 N–H and O–H groups in total. The van der Waals surface area contributed by atoms with Crippen molar-refractivity contribution in [2.45, 2.75) is 0 Å². The highest BCUT2D eigenvalue weighted by atomic mass is 16.6. The van der Waals surface area contributed by atoms with Crippen molar-refractivity contribution in [1.29, 1.82) is 0 Å². The molecule has 0 atom stereocenters. The Hall–Kier alpha value is -4.20. The average molecular weight is 374 g/mol. The van der Waals surface area contributed by atoms with Gasteiger partial charge in [0.15, 0.2) is 5.82 Å². The number of para-hydroxylation sites is 1. The van der Waals surface area contributed by atoms with Crippen LogP contribution >= 0.6 is 0 Å². The summed E-state index contributed by atoms with van der Waals surface area (Å²) in [5.74, 6) is 1.19. The summed E-state index contributed by atoms with van der Waals surface area (Å²) >= 11 is 0. The van der Waals surface area contributed by atoms with Gasteiger partial charge >= 0.3 is 5.88 Å². The normalized spacial score (nSPS) is 11.1. The summed E-state index contributed by atoms with van der Waals surface area (Å²) in [4.78, 5) is 19.1. The molecule has 0 aliphatic heterocycles. The number of furan rings is 1. The molecular formula is C20H14N4O4. The minimum atomic E-state index is -0.594. The van der Waals surface area contributed by atoms with Crippen molar-refractivity contribution in [1.82, 2.24) is 9.97 Å². The number of hydrogen-bond acceptors (Lipinski definition) is 7. The molecular weight excluding hydrogens is 360 g/mol. The SMILES string of the molecule is O=[N+]([O-])c1ccc(C=Cc2nc(Nc3ccc(O)cc3)c3ccccc3n2)o1. The van der Waals surface area contributed by atoms with E-state index in [1.165, 1.54) is 12.1 Å². The standard InChI is InChI=1S/C20H14N4O4/c25-14-7-5-13(6-8-14)21-20-16-3-1-2-4-17(16)22-18(23-20)11-9-15-10-12-19(28-15)24(26)27/h1-12,25H,(H,21,22,23). The summed E-state index contributed by atoms with van der Waals surface area (Å²) < 4.78 is 5.11. The Morgan fingerprint density at radius 3 is 2.54 bits per heavy atom.